The van der Waals surface area contributed by atoms with E-state index in [1.54, 1.807) is 0 Å². The average molecular weight is 191 g/mol. The van der Waals surface area contributed by atoms with Gasteiger partial charge in [-0.25, -0.2) is 0 Å². The van der Waals surface area contributed by atoms with E-state index in [9.17, 15) is 4.21 Å². The van der Waals surface area contributed by atoms with E-state index >= 15 is 0 Å². The molecule has 0 aromatic heterocycles. The summed E-state index contributed by atoms with van der Waals surface area (Å²) in [4.78, 5) is 2.26. The van der Waals surface area contributed by atoms with Gasteiger partial charge in [0.15, 0.2) is 0 Å². The zero-order valence-corrected chi connectivity index (χ0v) is 9.49. The molecule has 0 N–H and O–H groups in total. The predicted octanol–water partition coefficient (Wildman–Crippen LogP) is 1.34. The third kappa shape index (κ3) is 4.88. The minimum absolute atomic E-state index is 0.550. The molecule has 0 saturated carbocycles. The van der Waals surface area contributed by atoms with Gasteiger partial charge in [-0.15, -0.1) is 0 Å². The van der Waals surface area contributed by atoms with Gasteiger partial charge in [0, 0.05) is 35.4 Å². The van der Waals surface area contributed by atoms with Crippen LogP contribution in [0.1, 0.15) is 20.8 Å². The van der Waals surface area contributed by atoms with Crippen LogP contribution in [0.2, 0.25) is 0 Å². The summed E-state index contributed by atoms with van der Waals surface area (Å²) in [5.74, 6) is 2.36. The zero-order valence-electron chi connectivity index (χ0n) is 8.67. The van der Waals surface area contributed by atoms with Gasteiger partial charge in [-0.1, -0.05) is 20.8 Å². The highest BCUT2D eigenvalue weighted by atomic mass is 32.2. The Labute approximate surface area is 78.8 Å². The topological polar surface area (TPSA) is 20.3 Å². The molecule has 0 bridgehead atoms. The zero-order chi connectivity index (χ0) is 9.56. The van der Waals surface area contributed by atoms with E-state index < -0.39 is 10.8 Å². The first-order valence-electron chi connectivity index (χ1n) is 4.72. The second-order valence-electron chi connectivity index (χ2n) is 3.18. The molecule has 1 fully saturated rings. The van der Waals surface area contributed by atoms with Crippen LogP contribution in [0.5, 0.6) is 0 Å². The summed E-state index contributed by atoms with van der Waals surface area (Å²) in [6.07, 6.45) is 0. The molecule has 3 heteroatoms. The molecule has 1 rings (SSSR count). The van der Waals surface area contributed by atoms with Crippen molar-refractivity contribution < 1.29 is 4.21 Å². The van der Waals surface area contributed by atoms with Crippen LogP contribution in [0, 0.1) is 5.92 Å². The highest BCUT2D eigenvalue weighted by Crippen LogP contribution is 2.05. The maximum absolute atomic E-state index is 11.1. The summed E-state index contributed by atoms with van der Waals surface area (Å²) in [5, 5.41) is 0. The van der Waals surface area contributed by atoms with Crippen molar-refractivity contribution in [3.05, 3.63) is 0 Å². The van der Waals surface area contributed by atoms with E-state index in [0.717, 1.165) is 24.6 Å². The van der Waals surface area contributed by atoms with Gasteiger partial charge in [0.1, 0.15) is 0 Å². The lowest BCUT2D eigenvalue weighted by atomic mass is 10.2. The molecule has 1 aliphatic rings. The highest BCUT2D eigenvalue weighted by molar-refractivity contribution is 7.85. The third-order valence-corrected chi connectivity index (χ3v) is 3.37. The predicted molar refractivity (Wildman–Crippen MR) is 55.9 cm³/mol. The summed E-state index contributed by atoms with van der Waals surface area (Å²) in [5.41, 5.74) is 0. The lowest BCUT2D eigenvalue weighted by molar-refractivity contribution is 0.321. The molecule has 2 unspecified atom stereocenters. The molecule has 74 valence electrons. The Morgan fingerprint density at radius 1 is 1.42 bits per heavy atom. The van der Waals surface area contributed by atoms with Crippen LogP contribution in [0.25, 0.3) is 0 Å². The van der Waals surface area contributed by atoms with Crippen molar-refractivity contribution in [1.29, 1.82) is 0 Å². The average Bonchev–Trinajstić information content (AvgIpc) is 2.16. The molecule has 0 radical (unpaired) electrons. The van der Waals surface area contributed by atoms with E-state index in [4.69, 9.17) is 0 Å². The Balaban J connectivity index is 0.000000561. The molecule has 0 aliphatic carbocycles. The molecular weight excluding hydrogens is 170 g/mol. The molecular formula is C9H21NOS. The third-order valence-electron chi connectivity index (χ3n) is 1.79. The fourth-order valence-corrected chi connectivity index (χ4v) is 2.76. The summed E-state index contributed by atoms with van der Waals surface area (Å²) in [7, 11) is 1.55. The van der Waals surface area contributed by atoms with Gasteiger partial charge in [-0.05, 0) is 13.0 Å². The second-order valence-corrected chi connectivity index (χ2v) is 4.80. The first kappa shape index (κ1) is 12.1. The van der Waals surface area contributed by atoms with Crippen molar-refractivity contribution in [2.45, 2.75) is 20.8 Å². The van der Waals surface area contributed by atoms with Crippen molar-refractivity contribution >= 4 is 10.8 Å². The Kier molecular flexibility index (Phi) is 6.67. The van der Waals surface area contributed by atoms with Crippen LogP contribution in [0.15, 0.2) is 0 Å². The van der Waals surface area contributed by atoms with Crippen molar-refractivity contribution in [3.63, 3.8) is 0 Å². The smallest absolute Gasteiger partial charge is 0.0362 e. The Morgan fingerprint density at radius 3 is 2.58 bits per heavy atom. The van der Waals surface area contributed by atoms with Gasteiger partial charge >= 0.3 is 0 Å². The Hall–Kier alpha value is 0.110. The number of hydrogen-bond donors (Lipinski definition) is 0. The maximum atomic E-state index is 11.1. The number of nitrogens with zero attached hydrogens (tertiary/aromatic N) is 1. The van der Waals surface area contributed by atoms with Gasteiger partial charge in [0.2, 0.25) is 0 Å². The second kappa shape index (κ2) is 6.61. The van der Waals surface area contributed by atoms with E-state index in [0.29, 0.717) is 5.92 Å². The first-order valence-corrected chi connectivity index (χ1v) is 6.21. The lowest BCUT2D eigenvalue weighted by Crippen LogP contribution is -2.24. The minimum Gasteiger partial charge on any atom is -0.305 e. The van der Waals surface area contributed by atoms with Gasteiger partial charge in [-0.3, -0.25) is 4.21 Å². The summed E-state index contributed by atoms with van der Waals surface area (Å²) >= 11 is 0. The van der Waals surface area contributed by atoms with Crippen molar-refractivity contribution in [1.82, 2.24) is 4.90 Å². The quantitative estimate of drug-likeness (QED) is 0.576. The van der Waals surface area contributed by atoms with Crippen LogP contribution in [0.4, 0.5) is 0 Å². The molecule has 0 aromatic rings. The molecule has 2 nitrogen and oxygen atoms in total. The van der Waals surface area contributed by atoms with Gasteiger partial charge in [-0.2, -0.15) is 0 Å². The maximum Gasteiger partial charge on any atom is 0.0362 e. The largest absolute Gasteiger partial charge is 0.305 e. The van der Waals surface area contributed by atoms with Gasteiger partial charge in [0.05, 0.1) is 0 Å². The summed E-state index contributed by atoms with van der Waals surface area (Å²) in [6.45, 7) is 8.27. The fourth-order valence-electron chi connectivity index (χ4n) is 1.33. The van der Waals surface area contributed by atoms with E-state index in [-0.39, 0.29) is 0 Å². The summed E-state index contributed by atoms with van der Waals surface area (Å²) in [6, 6.07) is 0. The van der Waals surface area contributed by atoms with Crippen molar-refractivity contribution in [2.24, 2.45) is 5.92 Å². The van der Waals surface area contributed by atoms with Crippen LogP contribution in [0.3, 0.4) is 0 Å². The van der Waals surface area contributed by atoms with Crippen LogP contribution in [-0.2, 0) is 10.8 Å². The van der Waals surface area contributed by atoms with Gasteiger partial charge < -0.3 is 4.90 Å². The van der Waals surface area contributed by atoms with Crippen LogP contribution in [-0.4, -0.2) is 40.8 Å². The standard InChI is InChI=1S/C7H15NOS.C2H6/c1-7-5-8(2)3-4-10(9)6-7;1-2/h7H,3-6H2,1-2H3;1-2H3. The molecule has 1 aliphatic heterocycles. The molecule has 0 spiro atoms. The lowest BCUT2D eigenvalue weighted by Gasteiger charge is -2.14. The number of rotatable bonds is 0. The normalized spacial score (nSPS) is 31.7. The van der Waals surface area contributed by atoms with E-state index in [1.807, 2.05) is 13.8 Å². The van der Waals surface area contributed by atoms with Crippen molar-refractivity contribution in [2.75, 3.05) is 31.6 Å². The summed E-state index contributed by atoms with van der Waals surface area (Å²) < 4.78 is 11.1. The minimum atomic E-state index is -0.550. The van der Waals surface area contributed by atoms with E-state index in [1.165, 1.54) is 0 Å². The van der Waals surface area contributed by atoms with Crippen LogP contribution < -0.4 is 0 Å². The highest BCUT2D eigenvalue weighted by Gasteiger charge is 2.15. The number of hydrogen-bond acceptors (Lipinski definition) is 2. The molecule has 0 amide bonds. The van der Waals surface area contributed by atoms with Gasteiger partial charge in [0.25, 0.3) is 0 Å². The van der Waals surface area contributed by atoms with E-state index in [2.05, 4.69) is 18.9 Å². The fraction of sp³-hybridized carbons (Fsp3) is 1.00. The molecule has 0 aromatic carbocycles. The molecule has 1 heterocycles. The van der Waals surface area contributed by atoms with Crippen LogP contribution >= 0.6 is 0 Å². The first-order chi connectivity index (χ1) is 5.68. The molecule has 12 heavy (non-hydrogen) atoms. The Bertz CT molecular complexity index is 138. The molecule has 1 saturated heterocycles. The molecule has 2 atom stereocenters. The SMILES string of the molecule is CC.CC1CN(C)CCS(=O)C1. The monoisotopic (exact) mass is 191 g/mol. The van der Waals surface area contributed by atoms with Crippen molar-refractivity contribution in [3.8, 4) is 0 Å². The Morgan fingerprint density at radius 2 is 2.00 bits per heavy atom.